The highest BCUT2D eigenvalue weighted by Crippen LogP contribution is 2.13. The number of carboxylic acid groups (broad SMARTS) is 8. The number of amides is 2. The summed E-state index contributed by atoms with van der Waals surface area (Å²) in [6.45, 7) is 0.636. The standard InChI is InChI=1S/C41H70N10O18/c1-29(43-33(53)5-3-31(41(68)69)51-20-16-48(27-38(62)63)12-8-45(24-35(56)57)9-13-49(17-21-51)28-39(64)65)22-42-32(52)4-2-30(40(66)67)50-18-14-46(25-36(58)59)10-6-44(23-34(54)55)7-11-47(15-19-50)26-37(60)61/h29-31H,2-28H2,1H3,(H,42,52)(H,43,53)(H,54,55)(H,56,57)(H,58,59)(H,60,61)(H,62,63)(H,64,65)(H,66,67)(H,68,69)/t29-,30?,31?/m1/s1. The lowest BCUT2D eigenvalue weighted by Gasteiger charge is -2.35. The maximum absolute atomic E-state index is 13.1. The first kappa shape index (κ1) is 59.5. The van der Waals surface area contributed by atoms with Crippen LogP contribution in [0.25, 0.3) is 0 Å². The van der Waals surface area contributed by atoms with Crippen molar-refractivity contribution in [1.29, 1.82) is 0 Å². The molecule has 2 saturated heterocycles. The number of rotatable bonds is 25. The molecule has 28 heteroatoms. The lowest BCUT2D eigenvalue weighted by Crippen LogP contribution is -2.52. The zero-order valence-corrected chi connectivity index (χ0v) is 39.1. The number of hydrogen-bond donors (Lipinski definition) is 10. The molecule has 0 aromatic carbocycles. The van der Waals surface area contributed by atoms with Crippen LogP contribution in [0.4, 0.5) is 0 Å². The largest absolute Gasteiger partial charge is 0.480 e. The maximum Gasteiger partial charge on any atom is 0.320 e. The van der Waals surface area contributed by atoms with Gasteiger partial charge in [0.15, 0.2) is 0 Å². The fourth-order valence-electron chi connectivity index (χ4n) is 8.04. The number of aliphatic carboxylic acids is 8. The van der Waals surface area contributed by atoms with Crippen LogP contribution < -0.4 is 10.6 Å². The Morgan fingerprint density at radius 1 is 0.377 bits per heavy atom. The highest BCUT2D eigenvalue weighted by molar-refractivity contribution is 5.80. The molecule has 2 aliphatic heterocycles. The van der Waals surface area contributed by atoms with Crippen LogP contribution in [0.5, 0.6) is 0 Å². The van der Waals surface area contributed by atoms with E-state index in [1.54, 1.807) is 41.2 Å². The van der Waals surface area contributed by atoms with Gasteiger partial charge in [-0.05, 0) is 19.8 Å². The molecule has 28 nitrogen and oxygen atoms in total. The summed E-state index contributed by atoms with van der Waals surface area (Å²) in [4.78, 5) is 133. The number of carbonyl (C=O) groups excluding carboxylic acids is 2. The third-order valence-electron chi connectivity index (χ3n) is 11.7. The summed E-state index contributed by atoms with van der Waals surface area (Å²) in [5.74, 6) is -10.5. The van der Waals surface area contributed by atoms with Gasteiger partial charge in [0, 0.05) is 130 Å². The lowest BCUT2D eigenvalue weighted by molar-refractivity contribution is -0.145. The van der Waals surface area contributed by atoms with E-state index in [0.29, 0.717) is 0 Å². The topological polar surface area (TPSA) is 383 Å². The average Bonchev–Trinajstić information content (AvgIpc) is 3.22. The third-order valence-corrected chi connectivity index (χ3v) is 11.7. The smallest absolute Gasteiger partial charge is 0.320 e. The molecule has 2 fully saturated rings. The van der Waals surface area contributed by atoms with Gasteiger partial charge in [0.25, 0.3) is 0 Å². The van der Waals surface area contributed by atoms with Gasteiger partial charge in [-0.1, -0.05) is 0 Å². The first-order chi connectivity index (χ1) is 32.5. The van der Waals surface area contributed by atoms with E-state index in [1.807, 2.05) is 0 Å². The molecule has 0 saturated carbocycles. The van der Waals surface area contributed by atoms with Crippen molar-refractivity contribution in [3.63, 3.8) is 0 Å². The second-order valence-electron chi connectivity index (χ2n) is 17.1. The van der Waals surface area contributed by atoms with Crippen molar-refractivity contribution >= 4 is 59.6 Å². The maximum atomic E-state index is 13.1. The highest BCUT2D eigenvalue weighted by Gasteiger charge is 2.31. The van der Waals surface area contributed by atoms with Crippen molar-refractivity contribution in [1.82, 2.24) is 49.8 Å². The first-order valence-corrected chi connectivity index (χ1v) is 22.7. The minimum Gasteiger partial charge on any atom is -0.480 e. The number of carboxylic acids is 8. The van der Waals surface area contributed by atoms with E-state index in [2.05, 4.69) is 10.6 Å². The Morgan fingerprint density at radius 3 is 0.841 bits per heavy atom. The van der Waals surface area contributed by atoms with Crippen LogP contribution in [-0.2, 0) is 47.9 Å². The van der Waals surface area contributed by atoms with Gasteiger partial charge in [0.2, 0.25) is 11.8 Å². The minimum absolute atomic E-state index is 0.0238. The molecular weight excluding hydrogens is 921 g/mol. The van der Waals surface area contributed by atoms with Crippen molar-refractivity contribution in [2.45, 2.75) is 50.7 Å². The van der Waals surface area contributed by atoms with Crippen molar-refractivity contribution < 1.29 is 88.8 Å². The molecule has 2 heterocycles. The third kappa shape index (κ3) is 26.1. The molecule has 0 aromatic heterocycles. The molecule has 2 rings (SSSR count). The van der Waals surface area contributed by atoms with E-state index in [-0.39, 0.29) is 150 Å². The summed E-state index contributed by atoms with van der Waals surface area (Å²) < 4.78 is 0. The fourth-order valence-corrected chi connectivity index (χ4v) is 8.04. The Labute approximate surface area is 398 Å². The predicted molar refractivity (Wildman–Crippen MR) is 240 cm³/mol. The van der Waals surface area contributed by atoms with Crippen LogP contribution in [0, 0.1) is 0 Å². The second-order valence-corrected chi connectivity index (χ2v) is 17.1. The molecule has 0 bridgehead atoms. The summed E-state index contributed by atoms with van der Waals surface area (Å²) in [7, 11) is 0. The molecule has 69 heavy (non-hydrogen) atoms. The molecule has 392 valence electrons. The van der Waals surface area contributed by atoms with E-state index in [1.165, 1.54) is 4.90 Å². The first-order valence-electron chi connectivity index (χ1n) is 22.7. The van der Waals surface area contributed by atoms with Crippen LogP contribution in [0.3, 0.4) is 0 Å². The lowest BCUT2D eigenvalue weighted by atomic mass is 10.1. The monoisotopic (exact) mass is 990 g/mol. The van der Waals surface area contributed by atoms with E-state index < -0.39 is 104 Å². The molecule has 2 amide bonds. The SMILES string of the molecule is C[C@H](CNC(=O)CCC(C(=O)O)N1CCN(CC(=O)O)CCN(CC(=O)O)CCN(CC(=O)O)CC1)NC(=O)CCC(C(=O)O)N1CCN(CC(=O)O)CCN(CC(=O)O)CCN(CC(=O)O)CC1. The zero-order valence-electron chi connectivity index (χ0n) is 39.1. The van der Waals surface area contributed by atoms with Gasteiger partial charge in [-0.25, -0.2) is 0 Å². The fraction of sp³-hybridized carbons (Fsp3) is 0.756. The van der Waals surface area contributed by atoms with E-state index in [0.717, 1.165) is 0 Å². The predicted octanol–water partition coefficient (Wildman–Crippen LogP) is -4.98. The van der Waals surface area contributed by atoms with Crippen LogP contribution in [0.15, 0.2) is 0 Å². The quantitative estimate of drug-likeness (QED) is 0.0409. The second kappa shape index (κ2) is 31.5. The van der Waals surface area contributed by atoms with Crippen LogP contribution >= 0.6 is 0 Å². The normalized spacial score (nSPS) is 19.5. The van der Waals surface area contributed by atoms with Gasteiger partial charge in [-0.3, -0.25) is 87.1 Å². The average molecular weight is 991 g/mol. The Morgan fingerprint density at radius 2 is 0.609 bits per heavy atom. The Hall–Kier alpha value is -5.62. The van der Waals surface area contributed by atoms with E-state index in [9.17, 15) is 88.8 Å². The number of hydrogen-bond acceptors (Lipinski definition) is 18. The van der Waals surface area contributed by atoms with Gasteiger partial charge in [-0.15, -0.1) is 0 Å². The van der Waals surface area contributed by atoms with Crippen LogP contribution in [0.1, 0.15) is 32.6 Å². The van der Waals surface area contributed by atoms with Crippen LogP contribution in [-0.4, -0.2) is 308 Å². The molecule has 2 unspecified atom stereocenters. The molecule has 2 aliphatic rings. The van der Waals surface area contributed by atoms with Gasteiger partial charge >= 0.3 is 47.8 Å². The number of nitrogens with one attached hydrogen (secondary N) is 2. The van der Waals surface area contributed by atoms with E-state index >= 15 is 0 Å². The molecule has 3 atom stereocenters. The summed E-state index contributed by atoms with van der Waals surface area (Å²) in [6.07, 6.45) is -0.939. The molecule has 0 aromatic rings. The Kier molecular flexibility index (Phi) is 27.2. The molecular formula is C41H70N10O18. The van der Waals surface area contributed by atoms with Crippen molar-refractivity contribution in [2.24, 2.45) is 0 Å². The van der Waals surface area contributed by atoms with Gasteiger partial charge in [0.05, 0.1) is 39.3 Å². The molecule has 0 aliphatic carbocycles. The zero-order chi connectivity index (χ0) is 51.6. The van der Waals surface area contributed by atoms with Gasteiger partial charge < -0.3 is 51.5 Å². The summed E-state index contributed by atoms with van der Waals surface area (Å²) in [5.41, 5.74) is 0. The molecule has 0 radical (unpaired) electrons. The summed E-state index contributed by atoms with van der Waals surface area (Å²) >= 11 is 0. The Balaban J connectivity index is 2.08. The number of carbonyl (C=O) groups is 10. The van der Waals surface area contributed by atoms with E-state index in [4.69, 9.17) is 0 Å². The summed E-state index contributed by atoms with van der Waals surface area (Å²) in [6, 6.07) is -3.16. The van der Waals surface area contributed by atoms with Gasteiger partial charge in [0.1, 0.15) is 12.1 Å². The van der Waals surface area contributed by atoms with Gasteiger partial charge in [-0.2, -0.15) is 0 Å². The van der Waals surface area contributed by atoms with Crippen molar-refractivity contribution in [3.8, 4) is 0 Å². The van der Waals surface area contributed by atoms with Crippen LogP contribution in [0.2, 0.25) is 0 Å². The Bertz CT molecular complexity index is 1680. The minimum atomic E-state index is -1.27. The summed E-state index contributed by atoms with van der Waals surface area (Å²) in [5, 5.41) is 82.7. The highest BCUT2D eigenvalue weighted by atomic mass is 16.4. The molecule has 0 spiro atoms. The van der Waals surface area contributed by atoms with Crippen molar-refractivity contribution in [2.75, 3.05) is 151 Å². The molecule has 10 N–H and O–H groups in total. The van der Waals surface area contributed by atoms with Crippen molar-refractivity contribution in [3.05, 3.63) is 0 Å². The number of nitrogens with zero attached hydrogens (tertiary/aromatic N) is 8.